The number of anilines is 1. The third-order valence-corrected chi connectivity index (χ3v) is 3.09. The molecule has 4 nitrogen and oxygen atoms in total. The SMILES string of the molecule is CC1(C)CCCN1c1ccc(CN)nn1. The molecule has 0 radical (unpaired) electrons. The lowest BCUT2D eigenvalue weighted by Gasteiger charge is -2.32. The lowest BCUT2D eigenvalue weighted by atomic mass is 10.0. The molecule has 2 N–H and O–H groups in total. The van der Waals surface area contributed by atoms with Crippen LogP contribution in [0.25, 0.3) is 0 Å². The first kappa shape index (κ1) is 10.4. The van der Waals surface area contributed by atoms with E-state index in [1.807, 2.05) is 12.1 Å². The maximum Gasteiger partial charge on any atom is 0.151 e. The Balaban J connectivity index is 2.22. The minimum atomic E-state index is 0.207. The number of rotatable bonds is 2. The Bertz CT molecular complexity index is 331. The van der Waals surface area contributed by atoms with E-state index in [0.717, 1.165) is 18.1 Å². The molecule has 1 saturated heterocycles. The van der Waals surface area contributed by atoms with Crippen LogP contribution < -0.4 is 10.6 Å². The molecule has 0 bridgehead atoms. The molecule has 0 unspecified atom stereocenters. The van der Waals surface area contributed by atoms with Crippen molar-refractivity contribution in [1.82, 2.24) is 10.2 Å². The molecule has 0 saturated carbocycles. The molecule has 1 fully saturated rings. The third-order valence-electron chi connectivity index (χ3n) is 3.09. The van der Waals surface area contributed by atoms with Crippen molar-refractivity contribution in [2.75, 3.05) is 11.4 Å². The molecule has 15 heavy (non-hydrogen) atoms. The smallest absolute Gasteiger partial charge is 0.151 e. The van der Waals surface area contributed by atoms with Crippen LogP contribution in [0.5, 0.6) is 0 Å². The Kier molecular flexibility index (Phi) is 2.61. The molecular formula is C11H18N4. The molecule has 82 valence electrons. The highest BCUT2D eigenvalue weighted by atomic mass is 15.3. The van der Waals surface area contributed by atoms with Crippen molar-refractivity contribution < 1.29 is 0 Å². The van der Waals surface area contributed by atoms with Crippen molar-refractivity contribution in [3.8, 4) is 0 Å². The maximum atomic E-state index is 5.49. The second kappa shape index (κ2) is 3.77. The highest BCUT2D eigenvalue weighted by molar-refractivity contribution is 5.42. The van der Waals surface area contributed by atoms with E-state index in [4.69, 9.17) is 5.73 Å². The van der Waals surface area contributed by atoms with Crippen molar-refractivity contribution >= 4 is 5.82 Å². The normalized spacial score (nSPS) is 19.5. The van der Waals surface area contributed by atoms with Gasteiger partial charge in [0.05, 0.1) is 5.69 Å². The van der Waals surface area contributed by atoms with Crippen LogP contribution >= 0.6 is 0 Å². The Morgan fingerprint density at radius 3 is 2.67 bits per heavy atom. The first-order chi connectivity index (χ1) is 7.13. The van der Waals surface area contributed by atoms with Gasteiger partial charge in [0.25, 0.3) is 0 Å². The summed E-state index contributed by atoms with van der Waals surface area (Å²) in [5.74, 6) is 0.967. The lowest BCUT2D eigenvalue weighted by Crippen LogP contribution is -2.38. The monoisotopic (exact) mass is 206 g/mol. The number of aromatic nitrogens is 2. The lowest BCUT2D eigenvalue weighted by molar-refractivity contribution is 0.512. The summed E-state index contributed by atoms with van der Waals surface area (Å²) < 4.78 is 0. The molecule has 0 amide bonds. The van der Waals surface area contributed by atoms with Gasteiger partial charge in [-0.2, -0.15) is 5.10 Å². The molecule has 2 heterocycles. The summed E-state index contributed by atoms with van der Waals surface area (Å²) in [6, 6.07) is 3.97. The molecule has 2 rings (SSSR count). The van der Waals surface area contributed by atoms with Gasteiger partial charge in [-0.1, -0.05) is 0 Å². The summed E-state index contributed by atoms with van der Waals surface area (Å²) in [6.45, 7) is 6.03. The molecule has 4 heteroatoms. The highest BCUT2D eigenvalue weighted by Gasteiger charge is 2.32. The molecular weight excluding hydrogens is 188 g/mol. The zero-order chi connectivity index (χ0) is 10.9. The zero-order valence-corrected chi connectivity index (χ0v) is 9.40. The van der Waals surface area contributed by atoms with Crippen LogP contribution in [0.4, 0.5) is 5.82 Å². The second-order valence-electron chi connectivity index (χ2n) is 4.65. The van der Waals surface area contributed by atoms with Gasteiger partial charge in [0.2, 0.25) is 0 Å². The topological polar surface area (TPSA) is 55.0 Å². The van der Waals surface area contributed by atoms with E-state index in [1.165, 1.54) is 12.8 Å². The standard InChI is InChI=1S/C11H18N4/c1-11(2)6-3-7-15(11)10-5-4-9(8-12)13-14-10/h4-5H,3,6-8,12H2,1-2H3. The van der Waals surface area contributed by atoms with Crippen LogP contribution in [0.2, 0.25) is 0 Å². The zero-order valence-electron chi connectivity index (χ0n) is 9.40. The molecule has 1 aromatic heterocycles. The van der Waals surface area contributed by atoms with Gasteiger partial charge in [-0.3, -0.25) is 0 Å². The molecule has 1 aliphatic heterocycles. The Morgan fingerprint density at radius 2 is 2.20 bits per heavy atom. The second-order valence-corrected chi connectivity index (χ2v) is 4.65. The average Bonchev–Trinajstić information content (AvgIpc) is 2.58. The maximum absolute atomic E-state index is 5.49. The van der Waals surface area contributed by atoms with Gasteiger partial charge in [0, 0.05) is 18.6 Å². The largest absolute Gasteiger partial charge is 0.350 e. The summed E-state index contributed by atoms with van der Waals surface area (Å²) in [7, 11) is 0. The van der Waals surface area contributed by atoms with Gasteiger partial charge in [-0.05, 0) is 38.8 Å². The summed E-state index contributed by atoms with van der Waals surface area (Å²) in [6.07, 6.45) is 2.45. The average molecular weight is 206 g/mol. The fourth-order valence-electron chi connectivity index (χ4n) is 2.14. The molecule has 0 aromatic carbocycles. The first-order valence-corrected chi connectivity index (χ1v) is 5.44. The van der Waals surface area contributed by atoms with E-state index < -0.39 is 0 Å². The summed E-state index contributed by atoms with van der Waals surface area (Å²) >= 11 is 0. The van der Waals surface area contributed by atoms with E-state index in [2.05, 4.69) is 28.9 Å². The van der Waals surface area contributed by atoms with Crippen LogP contribution in [-0.4, -0.2) is 22.3 Å². The number of nitrogens with two attached hydrogens (primary N) is 1. The summed E-state index contributed by atoms with van der Waals surface area (Å²) in [5.41, 5.74) is 6.54. The Labute approximate surface area is 90.5 Å². The Hall–Kier alpha value is -1.16. The quantitative estimate of drug-likeness (QED) is 0.792. The fraction of sp³-hybridized carbons (Fsp3) is 0.636. The van der Waals surface area contributed by atoms with E-state index >= 15 is 0 Å². The predicted molar refractivity (Wildman–Crippen MR) is 60.6 cm³/mol. The fourth-order valence-corrected chi connectivity index (χ4v) is 2.14. The highest BCUT2D eigenvalue weighted by Crippen LogP contribution is 2.31. The molecule has 0 spiro atoms. The van der Waals surface area contributed by atoms with Gasteiger partial charge < -0.3 is 10.6 Å². The number of hydrogen-bond donors (Lipinski definition) is 1. The van der Waals surface area contributed by atoms with E-state index in [1.54, 1.807) is 0 Å². The van der Waals surface area contributed by atoms with Gasteiger partial charge in [0.15, 0.2) is 5.82 Å². The Morgan fingerprint density at radius 1 is 1.40 bits per heavy atom. The van der Waals surface area contributed by atoms with Crippen LogP contribution in [-0.2, 0) is 6.54 Å². The minimum Gasteiger partial charge on any atom is -0.350 e. The van der Waals surface area contributed by atoms with Crippen LogP contribution in [0, 0.1) is 0 Å². The van der Waals surface area contributed by atoms with Gasteiger partial charge in [-0.25, -0.2) is 0 Å². The van der Waals surface area contributed by atoms with E-state index in [-0.39, 0.29) is 5.54 Å². The van der Waals surface area contributed by atoms with Gasteiger partial charge >= 0.3 is 0 Å². The molecule has 1 aliphatic rings. The van der Waals surface area contributed by atoms with Crippen molar-refractivity contribution in [3.05, 3.63) is 17.8 Å². The molecule has 0 atom stereocenters. The van der Waals surface area contributed by atoms with Crippen molar-refractivity contribution in [2.24, 2.45) is 5.73 Å². The van der Waals surface area contributed by atoms with E-state index in [0.29, 0.717) is 6.54 Å². The van der Waals surface area contributed by atoms with Crippen LogP contribution in [0.15, 0.2) is 12.1 Å². The molecule has 1 aromatic rings. The predicted octanol–water partition coefficient (Wildman–Crippen LogP) is 1.31. The summed E-state index contributed by atoms with van der Waals surface area (Å²) in [5, 5.41) is 8.31. The third kappa shape index (κ3) is 1.95. The number of hydrogen-bond acceptors (Lipinski definition) is 4. The first-order valence-electron chi connectivity index (χ1n) is 5.44. The summed E-state index contributed by atoms with van der Waals surface area (Å²) in [4.78, 5) is 2.32. The van der Waals surface area contributed by atoms with Crippen molar-refractivity contribution in [2.45, 2.75) is 38.8 Å². The minimum absolute atomic E-state index is 0.207. The van der Waals surface area contributed by atoms with Crippen LogP contribution in [0.3, 0.4) is 0 Å². The van der Waals surface area contributed by atoms with Crippen LogP contribution in [0.1, 0.15) is 32.4 Å². The van der Waals surface area contributed by atoms with Crippen molar-refractivity contribution in [1.29, 1.82) is 0 Å². The van der Waals surface area contributed by atoms with Gasteiger partial charge in [-0.15, -0.1) is 5.10 Å². The van der Waals surface area contributed by atoms with Crippen molar-refractivity contribution in [3.63, 3.8) is 0 Å². The van der Waals surface area contributed by atoms with E-state index in [9.17, 15) is 0 Å². The number of nitrogens with zero attached hydrogens (tertiary/aromatic N) is 3. The molecule has 0 aliphatic carbocycles. The van der Waals surface area contributed by atoms with Gasteiger partial charge in [0.1, 0.15) is 0 Å².